The lowest BCUT2D eigenvalue weighted by Crippen LogP contribution is -2.46. The molecule has 0 bridgehead atoms. The van der Waals surface area contributed by atoms with E-state index in [-0.39, 0.29) is 16.8 Å². The summed E-state index contributed by atoms with van der Waals surface area (Å²) in [6.07, 6.45) is 1.71. The van der Waals surface area contributed by atoms with Gasteiger partial charge in [0.05, 0.1) is 4.90 Å². The Labute approximate surface area is 125 Å². The summed E-state index contributed by atoms with van der Waals surface area (Å²) in [7, 11) is -3.50. The molecule has 1 aliphatic rings. The maximum Gasteiger partial charge on any atom is 0.243 e. The number of nitrogen functional groups attached to an aromatic ring is 1. The molecule has 1 heterocycles. The summed E-state index contributed by atoms with van der Waals surface area (Å²) in [4.78, 5) is 11.6. The minimum absolute atomic E-state index is 0.00661. The molecule has 3 N–H and O–H groups in total. The number of nitrogens with one attached hydrogen (secondary N) is 1. The summed E-state index contributed by atoms with van der Waals surface area (Å²) < 4.78 is 26.5. The summed E-state index contributed by atoms with van der Waals surface area (Å²) in [6.45, 7) is 2.62. The van der Waals surface area contributed by atoms with Crippen molar-refractivity contribution in [1.29, 1.82) is 0 Å². The first-order valence-electron chi connectivity index (χ1n) is 7.08. The first-order valence-corrected chi connectivity index (χ1v) is 8.52. The zero-order valence-electron chi connectivity index (χ0n) is 12.1. The Morgan fingerprint density at radius 3 is 2.62 bits per heavy atom. The molecule has 0 radical (unpaired) electrons. The summed E-state index contributed by atoms with van der Waals surface area (Å²) in [5.74, 6) is 0.00661. The molecule has 116 valence electrons. The molecule has 2 rings (SSSR count). The van der Waals surface area contributed by atoms with Crippen molar-refractivity contribution in [3.8, 4) is 0 Å². The Morgan fingerprint density at radius 1 is 1.38 bits per heavy atom. The highest BCUT2D eigenvalue weighted by Crippen LogP contribution is 2.22. The monoisotopic (exact) mass is 311 g/mol. The van der Waals surface area contributed by atoms with Crippen LogP contribution >= 0.6 is 0 Å². The highest BCUT2D eigenvalue weighted by molar-refractivity contribution is 7.89. The van der Waals surface area contributed by atoms with Crippen molar-refractivity contribution in [2.45, 2.75) is 37.1 Å². The van der Waals surface area contributed by atoms with Crippen molar-refractivity contribution in [3.05, 3.63) is 24.3 Å². The van der Waals surface area contributed by atoms with E-state index in [2.05, 4.69) is 5.32 Å². The third-order valence-electron chi connectivity index (χ3n) is 3.64. The van der Waals surface area contributed by atoms with Crippen LogP contribution in [0.15, 0.2) is 29.2 Å². The Kier molecular flexibility index (Phi) is 4.84. The first-order chi connectivity index (χ1) is 9.93. The van der Waals surface area contributed by atoms with E-state index in [4.69, 9.17) is 5.73 Å². The molecule has 1 saturated heterocycles. The number of rotatable bonds is 4. The number of nitrogens with two attached hydrogens (primary N) is 1. The smallest absolute Gasteiger partial charge is 0.243 e. The van der Waals surface area contributed by atoms with Crippen LogP contribution < -0.4 is 11.1 Å². The minimum Gasteiger partial charge on any atom is -0.399 e. The number of anilines is 1. The number of sulfonamides is 1. The van der Waals surface area contributed by atoms with Crippen LogP contribution in [0, 0.1) is 0 Å². The SMILES string of the molecule is CCC(=O)NC1CCN(S(=O)(=O)c2cccc(N)c2)CC1. The van der Waals surface area contributed by atoms with Crippen molar-refractivity contribution >= 4 is 21.6 Å². The van der Waals surface area contributed by atoms with Crippen molar-refractivity contribution in [2.24, 2.45) is 0 Å². The zero-order valence-corrected chi connectivity index (χ0v) is 12.9. The Bertz CT molecular complexity index is 608. The second-order valence-electron chi connectivity index (χ2n) is 5.17. The van der Waals surface area contributed by atoms with Crippen LogP contribution in [-0.2, 0) is 14.8 Å². The van der Waals surface area contributed by atoms with Crippen molar-refractivity contribution < 1.29 is 13.2 Å². The molecule has 1 aromatic rings. The summed E-state index contributed by atoms with van der Waals surface area (Å²) >= 11 is 0. The predicted molar refractivity (Wildman–Crippen MR) is 81.1 cm³/mol. The van der Waals surface area contributed by atoms with Crippen LogP contribution in [0.1, 0.15) is 26.2 Å². The van der Waals surface area contributed by atoms with E-state index in [0.717, 1.165) is 0 Å². The highest BCUT2D eigenvalue weighted by Gasteiger charge is 2.29. The number of carbonyl (C=O) groups excluding carboxylic acids is 1. The van der Waals surface area contributed by atoms with Gasteiger partial charge in [0, 0.05) is 31.2 Å². The van der Waals surface area contributed by atoms with Gasteiger partial charge >= 0.3 is 0 Å². The van der Waals surface area contributed by atoms with Gasteiger partial charge in [0.15, 0.2) is 0 Å². The summed E-state index contributed by atoms with van der Waals surface area (Å²) in [6, 6.07) is 6.38. The van der Waals surface area contributed by atoms with Gasteiger partial charge in [-0.25, -0.2) is 8.42 Å². The normalized spacial score (nSPS) is 17.6. The Morgan fingerprint density at radius 2 is 2.05 bits per heavy atom. The predicted octanol–water partition coefficient (Wildman–Crippen LogP) is 0.948. The zero-order chi connectivity index (χ0) is 15.5. The number of piperidine rings is 1. The number of hydrogen-bond acceptors (Lipinski definition) is 4. The molecule has 6 nitrogen and oxygen atoms in total. The fourth-order valence-electron chi connectivity index (χ4n) is 2.39. The molecule has 0 atom stereocenters. The van der Waals surface area contributed by atoms with E-state index in [1.807, 2.05) is 0 Å². The lowest BCUT2D eigenvalue weighted by Gasteiger charge is -2.31. The molecule has 0 aliphatic carbocycles. The van der Waals surface area contributed by atoms with Crippen molar-refractivity contribution in [3.63, 3.8) is 0 Å². The Balaban J connectivity index is 2.03. The van der Waals surface area contributed by atoms with E-state index in [9.17, 15) is 13.2 Å². The molecular formula is C14H21N3O3S. The molecular weight excluding hydrogens is 290 g/mol. The number of amides is 1. The van der Waals surface area contributed by atoms with Gasteiger partial charge in [-0.15, -0.1) is 0 Å². The van der Waals surface area contributed by atoms with Gasteiger partial charge in [0.25, 0.3) is 0 Å². The molecule has 0 aromatic heterocycles. The standard InChI is InChI=1S/C14H21N3O3S/c1-2-14(18)16-12-6-8-17(9-7-12)21(19,20)13-5-3-4-11(15)10-13/h3-5,10,12H,2,6-9,15H2,1H3,(H,16,18). The summed E-state index contributed by atoms with van der Waals surface area (Å²) in [5, 5.41) is 2.91. The molecule has 1 aromatic carbocycles. The molecule has 1 fully saturated rings. The van der Waals surface area contributed by atoms with Crippen molar-refractivity contribution in [2.75, 3.05) is 18.8 Å². The first kappa shape index (κ1) is 15.8. The Hall–Kier alpha value is -1.60. The minimum atomic E-state index is -3.50. The van der Waals surface area contributed by atoms with E-state index < -0.39 is 10.0 Å². The van der Waals surface area contributed by atoms with Crippen LogP contribution in [-0.4, -0.2) is 37.8 Å². The van der Waals surface area contributed by atoms with Gasteiger partial charge in [-0.3, -0.25) is 4.79 Å². The van der Waals surface area contributed by atoms with Gasteiger partial charge in [-0.05, 0) is 31.0 Å². The van der Waals surface area contributed by atoms with E-state index in [1.165, 1.54) is 10.4 Å². The van der Waals surface area contributed by atoms with Gasteiger partial charge in [-0.1, -0.05) is 13.0 Å². The molecule has 0 unspecified atom stereocenters. The number of carbonyl (C=O) groups is 1. The maximum absolute atomic E-state index is 12.5. The fraction of sp³-hybridized carbons (Fsp3) is 0.500. The third-order valence-corrected chi connectivity index (χ3v) is 5.53. The lowest BCUT2D eigenvalue weighted by atomic mass is 10.1. The van der Waals surface area contributed by atoms with Gasteiger partial charge in [-0.2, -0.15) is 4.31 Å². The topological polar surface area (TPSA) is 92.5 Å². The van der Waals surface area contributed by atoms with E-state index >= 15 is 0 Å². The number of benzene rings is 1. The molecule has 0 saturated carbocycles. The van der Waals surface area contributed by atoms with Crippen LogP contribution in [0.25, 0.3) is 0 Å². The van der Waals surface area contributed by atoms with Gasteiger partial charge in [0.1, 0.15) is 0 Å². The molecule has 1 amide bonds. The van der Waals surface area contributed by atoms with E-state index in [1.54, 1.807) is 25.1 Å². The molecule has 0 spiro atoms. The average Bonchev–Trinajstić information content (AvgIpc) is 2.47. The van der Waals surface area contributed by atoms with Crippen LogP contribution in [0.4, 0.5) is 5.69 Å². The lowest BCUT2D eigenvalue weighted by molar-refractivity contribution is -0.121. The van der Waals surface area contributed by atoms with E-state index in [0.29, 0.717) is 38.0 Å². The van der Waals surface area contributed by atoms with Gasteiger partial charge < -0.3 is 11.1 Å². The molecule has 21 heavy (non-hydrogen) atoms. The largest absolute Gasteiger partial charge is 0.399 e. The highest BCUT2D eigenvalue weighted by atomic mass is 32.2. The van der Waals surface area contributed by atoms with Crippen molar-refractivity contribution in [1.82, 2.24) is 9.62 Å². The molecule has 7 heteroatoms. The number of hydrogen-bond donors (Lipinski definition) is 2. The third kappa shape index (κ3) is 3.74. The quantitative estimate of drug-likeness (QED) is 0.810. The van der Waals surface area contributed by atoms with Crippen LogP contribution in [0.5, 0.6) is 0 Å². The average molecular weight is 311 g/mol. The van der Waals surface area contributed by atoms with Gasteiger partial charge in [0.2, 0.25) is 15.9 Å². The number of nitrogens with zero attached hydrogens (tertiary/aromatic N) is 1. The summed E-state index contributed by atoms with van der Waals surface area (Å²) in [5.41, 5.74) is 6.08. The second-order valence-corrected chi connectivity index (χ2v) is 7.11. The maximum atomic E-state index is 12.5. The second kappa shape index (κ2) is 6.44. The fourth-order valence-corrected chi connectivity index (χ4v) is 3.92. The van der Waals surface area contributed by atoms with Crippen LogP contribution in [0.3, 0.4) is 0 Å². The molecule has 1 aliphatic heterocycles. The van der Waals surface area contributed by atoms with Crippen LogP contribution in [0.2, 0.25) is 0 Å².